The highest BCUT2D eigenvalue weighted by molar-refractivity contribution is 5.83. The number of carbonyl (C=O) groups is 1. The summed E-state index contributed by atoms with van der Waals surface area (Å²) in [5, 5.41) is 17.4. The molecular formula is C22H26N4O5. The number of ether oxygens (including phenoxy) is 3. The topological polar surface area (TPSA) is 109 Å². The molecule has 0 saturated carbocycles. The number of nitrogens with zero attached hydrogens (tertiary/aromatic N) is 4. The van der Waals surface area contributed by atoms with Gasteiger partial charge in [-0.3, -0.25) is 4.98 Å². The lowest BCUT2D eigenvalue weighted by Gasteiger charge is -2.22. The average molecular weight is 426 g/mol. The van der Waals surface area contributed by atoms with E-state index in [1.807, 2.05) is 32.2 Å². The fraction of sp³-hybridized carbons (Fsp3) is 0.455. The molecule has 31 heavy (non-hydrogen) atoms. The van der Waals surface area contributed by atoms with E-state index in [4.69, 9.17) is 24.3 Å². The van der Waals surface area contributed by atoms with Crippen molar-refractivity contribution in [1.29, 1.82) is 0 Å². The van der Waals surface area contributed by atoms with E-state index in [1.54, 1.807) is 4.68 Å². The van der Waals surface area contributed by atoms with Crippen molar-refractivity contribution in [2.24, 2.45) is 7.05 Å². The molecule has 2 aliphatic heterocycles. The first-order valence-electron chi connectivity index (χ1n) is 10.3. The number of carboxylic acid groups (broad SMARTS) is 1. The van der Waals surface area contributed by atoms with Gasteiger partial charge in [0.2, 0.25) is 0 Å². The van der Waals surface area contributed by atoms with E-state index in [0.717, 1.165) is 54.5 Å². The quantitative estimate of drug-likeness (QED) is 0.703. The summed E-state index contributed by atoms with van der Waals surface area (Å²) in [6, 6.07) is 3.85. The minimum Gasteiger partial charge on any atom is -0.478 e. The van der Waals surface area contributed by atoms with Gasteiger partial charge in [0, 0.05) is 31.0 Å². The second-order valence-electron chi connectivity index (χ2n) is 7.66. The highest BCUT2D eigenvalue weighted by Crippen LogP contribution is 2.27. The van der Waals surface area contributed by atoms with Crippen LogP contribution in [0.5, 0.6) is 0 Å². The minimum absolute atomic E-state index is 0.195. The van der Waals surface area contributed by atoms with E-state index < -0.39 is 5.97 Å². The minimum atomic E-state index is -0.989. The summed E-state index contributed by atoms with van der Waals surface area (Å²) in [6.07, 6.45) is 5.89. The molecule has 164 valence electrons. The normalized spacial score (nSPS) is 20.6. The van der Waals surface area contributed by atoms with Crippen molar-refractivity contribution in [3.8, 4) is 11.4 Å². The molecule has 1 atom stereocenters. The fourth-order valence-electron chi connectivity index (χ4n) is 3.77. The predicted molar refractivity (Wildman–Crippen MR) is 112 cm³/mol. The van der Waals surface area contributed by atoms with Crippen LogP contribution in [-0.4, -0.2) is 57.2 Å². The third-order valence-corrected chi connectivity index (χ3v) is 5.36. The van der Waals surface area contributed by atoms with Gasteiger partial charge in [0.25, 0.3) is 0 Å². The van der Waals surface area contributed by atoms with Gasteiger partial charge in [-0.05, 0) is 43.4 Å². The van der Waals surface area contributed by atoms with Crippen molar-refractivity contribution in [3.05, 3.63) is 46.8 Å². The third kappa shape index (κ3) is 5.07. The Morgan fingerprint density at radius 1 is 1.35 bits per heavy atom. The molecule has 1 fully saturated rings. The molecule has 1 N–H and O–H groups in total. The number of hydrogen-bond acceptors (Lipinski definition) is 7. The Hall–Kier alpha value is -2.88. The highest BCUT2D eigenvalue weighted by Gasteiger charge is 2.20. The Bertz CT molecular complexity index is 1020. The maximum atomic E-state index is 11.0. The Balaban J connectivity index is 1.56. The molecule has 4 heterocycles. The van der Waals surface area contributed by atoms with Crippen LogP contribution in [0.25, 0.3) is 17.0 Å². The summed E-state index contributed by atoms with van der Waals surface area (Å²) >= 11 is 0. The van der Waals surface area contributed by atoms with Crippen molar-refractivity contribution in [3.63, 3.8) is 0 Å². The molecule has 1 unspecified atom stereocenters. The molecule has 0 spiro atoms. The fourth-order valence-corrected chi connectivity index (χ4v) is 3.77. The van der Waals surface area contributed by atoms with E-state index in [-0.39, 0.29) is 12.9 Å². The van der Waals surface area contributed by atoms with Gasteiger partial charge in [-0.1, -0.05) is 17.4 Å². The van der Waals surface area contributed by atoms with Gasteiger partial charge in [0.05, 0.1) is 31.2 Å². The Kier molecular flexibility index (Phi) is 6.55. The lowest BCUT2D eigenvalue weighted by molar-refractivity contribution is -0.169. The van der Waals surface area contributed by atoms with Gasteiger partial charge < -0.3 is 19.3 Å². The molecule has 0 amide bonds. The van der Waals surface area contributed by atoms with Crippen LogP contribution in [0.4, 0.5) is 0 Å². The second-order valence-corrected chi connectivity index (χ2v) is 7.66. The number of carboxylic acids is 1. The van der Waals surface area contributed by atoms with Crippen molar-refractivity contribution in [2.75, 3.05) is 19.8 Å². The van der Waals surface area contributed by atoms with Crippen LogP contribution in [0.15, 0.2) is 29.9 Å². The molecule has 2 aromatic rings. The predicted octanol–water partition coefficient (Wildman–Crippen LogP) is 2.65. The summed E-state index contributed by atoms with van der Waals surface area (Å²) in [5.41, 5.74) is 5.45. The molecule has 2 aromatic heterocycles. The van der Waals surface area contributed by atoms with Crippen molar-refractivity contribution >= 4 is 11.5 Å². The number of pyridine rings is 1. The van der Waals surface area contributed by atoms with Crippen molar-refractivity contribution < 1.29 is 24.1 Å². The molecular weight excluding hydrogens is 400 g/mol. The van der Waals surface area contributed by atoms with Gasteiger partial charge in [-0.15, -0.1) is 5.10 Å². The third-order valence-electron chi connectivity index (χ3n) is 5.36. The van der Waals surface area contributed by atoms with Crippen LogP contribution in [0.3, 0.4) is 0 Å². The summed E-state index contributed by atoms with van der Waals surface area (Å²) < 4.78 is 18.8. The Labute approximate surface area is 180 Å². The van der Waals surface area contributed by atoms with E-state index >= 15 is 0 Å². The van der Waals surface area contributed by atoms with Crippen molar-refractivity contribution in [1.82, 2.24) is 20.0 Å². The SMILES string of the molecule is Cc1nc(-c2nnn(C)c2COC2CCCCO2)ccc1C1=C/C(=C\C(=O)O)COC1. The van der Waals surface area contributed by atoms with Crippen LogP contribution in [0.2, 0.25) is 0 Å². The summed E-state index contributed by atoms with van der Waals surface area (Å²) in [5.74, 6) is -0.989. The first-order chi connectivity index (χ1) is 15.0. The maximum Gasteiger partial charge on any atom is 0.328 e. The van der Waals surface area contributed by atoms with Gasteiger partial charge >= 0.3 is 5.97 Å². The van der Waals surface area contributed by atoms with Crippen LogP contribution < -0.4 is 0 Å². The van der Waals surface area contributed by atoms with Crippen LogP contribution >= 0.6 is 0 Å². The Morgan fingerprint density at radius 2 is 2.23 bits per heavy atom. The molecule has 9 nitrogen and oxygen atoms in total. The monoisotopic (exact) mass is 426 g/mol. The van der Waals surface area contributed by atoms with E-state index in [0.29, 0.717) is 30.2 Å². The van der Waals surface area contributed by atoms with E-state index in [2.05, 4.69) is 10.3 Å². The molecule has 9 heteroatoms. The number of aromatic nitrogens is 4. The zero-order valence-corrected chi connectivity index (χ0v) is 17.7. The first-order valence-corrected chi connectivity index (χ1v) is 10.3. The molecule has 0 aromatic carbocycles. The second kappa shape index (κ2) is 9.51. The van der Waals surface area contributed by atoms with E-state index in [1.165, 1.54) is 0 Å². The lowest BCUT2D eigenvalue weighted by atomic mass is 10.00. The zero-order chi connectivity index (χ0) is 21.8. The van der Waals surface area contributed by atoms with Crippen LogP contribution in [0.1, 0.15) is 36.2 Å². The van der Waals surface area contributed by atoms with Gasteiger partial charge in [-0.2, -0.15) is 0 Å². The molecule has 0 aliphatic carbocycles. The van der Waals surface area contributed by atoms with Gasteiger partial charge in [-0.25, -0.2) is 9.48 Å². The smallest absolute Gasteiger partial charge is 0.328 e. The number of hydrogen-bond donors (Lipinski definition) is 1. The number of rotatable bonds is 6. The number of aryl methyl sites for hydroxylation is 2. The summed E-state index contributed by atoms with van der Waals surface area (Å²) in [4.78, 5) is 15.7. The molecule has 4 rings (SSSR count). The van der Waals surface area contributed by atoms with Crippen LogP contribution in [-0.2, 0) is 32.7 Å². The largest absolute Gasteiger partial charge is 0.478 e. The maximum absolute atomic E-state index is 11.0. The van der Waals surface area contributed by atoms with E-state index in [9.17, 15) is 4.79 Å². The van der Waals surface area contributed by atoms with Crippen LogP contribution in [0, 0.1) is 6.92 Å². The zero-order valence-electron chi connectivity index (χ0n) is 17.7. The first kappa shape index (κ1) is 21.4. The highest BCUT2D eigenvalue weighted by atomic mass is 16.7. The molecule has 0 radical (unpaired) electrons. The summed E-state index contributed by atoms with van der Waals surface area (Å²) in [7, 11) is 1.83. The molecule has 2 aliphatic rings. The van der Waals surface area contributed by atoms with Crippen molar-refractivity contribution in [2.45, 2.75) is 39.1 Å². The molecule has 1 saturated heterocycles. The van der Waals surface area contributed by atoms with Gasteiger partial charge in [0.1, 0.15) is 5.69 Å². The lowest BCUT2D eigenvalue weighted by Crippen LogP contribution is -2.22. The average Bonchev–Trinajstić information content (AvgIpc) is 3.13. The molecule has 0 bridgehead atoms. The Morgan fingerprint density at radius 3 is 2.97 bits per heavy atom. The van der Waals surface area contributed by atoms with Gasteiger partial charge in [0.15, 0.2) is 6.29 Å². The number of aliphatic carboxylic acids is 1. The summed E-state index contributed by atoms with van der Waals surface area (Å²) in [6.45, 7) is 3.68. The standard InChI is InChI=1S/C22H26N4O5/c1-14-17(16-9-15(10-20(27)28)11-29-12-16)6-7-18(23-14)22-19(26(2)25-24-22)13-31-21-5-3-4-8-30-21/h6-7,9-10,21H,3-5,8,11-13H2,1-2H3,(H,27,28)/b15-10+.